The average Bonchev–Trinajstić information content (AvgIpc) is 3.64. The van der Waals surface area contributed by atoms with Crippen molar-refractivity contribution >= 4 is 16.9 Å². The number of rotatable bonds is 4. The molecule has 34 heavy (non-hydrogen) atoms. The van der Waals surface area contributed by atoms with Crippen molar-refractivity contribution in [2.45, 2.75) is 52.2 Å². The molecule has 2 aliphatic heterocycles. The van der Waals surface area contributed by atoms with Crippen LogP contribution in [-0.2, 0) is 19.5 Å². The SMILES string of the molecule is CCn1cc(C(=O)N2CCc3cc(-c4cnc5[nH]cc(C)c5c4)cc([C@@H]4CCCN4)c3C2)cn1. The third-order valence-corrected chi connectivity index (χ3v) is 7.38. The number of carbonyl (C=O) groups is 1. The van der Waals surface area contributed by atoms with Crippen molar-refractivity contribution in [3.05, 3.63) is 70.8 Å². The molecule has 1 saturated heterocycles. The minimum absolute atomic E-state index is 0.0670. The van der Waals surface area contributed by atoms with E-state index in [0.29, 0.717) is 18.2 Å². The molecule has 1 fully saturated rings. The molecule has 3 aromatic heterocycles. The number of nitrogens with zero attached hydrogens (tertiary/aromatic N) is 4. The van der Waals surface area contributed by atoms with Gasteiger partial charge in [-0.25, -0.2) is 4.98 Å². The number of hydrogen-bond acceptors (Lipinski definition) is 4. The second-order valence-corrected chi connectivity index (χ2v) is 9.51. The van der Waals surface area contributed by atoms with Crippen LogP contribution in [0.25, 0.3) is 22.2 Å². The van der Waals surface area contributed by atoms with Crippen LogP contribution >= 0.6 is 0 Å². The molecule has 6 rings (SSSR count). The van der Waals surface area contributed by atoms with Gasteiger partial charge in [0.25, 0.3) is 5.91 Å². The summed E-state index contributed by atoms with van der Waals surface area (Å²) < 4.78 is 1.81. The predicted octanol–water partition coefficient (Wildman–Crippen LogP) is 4.38. The van der Waals surface area contributed by atoms with Crippen molar-refractivity contribution in [1.82, 2.24) is 30.0 Å². The van der Waals surface area contributed by atoms with E-state index in [-0.39, 0.29) is 5.91 Å². The second-order valence-electron chi connectivity index (χ2n) is 9.51. The number of hydrogen-bond donors (Lipinski definition) is 2. The minimum atomic E-state index is 0.0670. The quantitative estimate of drug-likeness (QED) is 0.480. The Morgan fingerprint density at radius 2 is 2.12 bits per heavy atom. The lowest BCUT2D eigenvalue weighted by atomic mass is 9.87. The summed E-state index contributed by atoms with van der Waals surface area (Å²) >= 11 is 0. The lowest BCUT2D eigenvalue weighted by Crippen LogP contribution is -2.37. The topological polar surface area (TPSA) is 78.8 Å². The fourth-order valence-corrected chi connectivity index (χ4v) is 5.42. The first kappa shape index (κ1) is 21.1. The van der Waals surface area contributed by atoms with Crippen molar-refractivity contribution in [3.8, 4) is 11.1 Å². The molecule has 1 aromatic carbocycles. The summed E-state index contributed by atoms with van der Waals surface area (Å²) in [5.74, 6) is 0.0670. The lowest BCUT2D eigenvalue weighted by Gasteiger charge is -2.32. The van der Waals surface area contributed by atoms with Crippen LogP contribution in [0.15, 0.2) is 43.0 Å². The van der Waals surface area contributed by atoms with Gasteiger partial charge in [-0.1, -0.05) is 6.07 Å². The zero-order valence-corrected chi connectivity index (χ0v) is 19.8. The minimum Gasteiger partial charge on any atom is -0.346 e. The maximum atomic E-state index is 13.2. The summed E-state index contributed by atoms with van der Waals surface area (Å²) in [7, 11) is 0. The Morgan fingerprint density at radius 3 is 2.91 bits per heavy atom. The van der Waals surface area contributed by atoms with Crippen LogP contribution in [-0.4, -0.2) is 43.6 Å². The van der Waals surface area contributed by atoms with Crippen molar-refractivity contribution in [2.75, 3.05) is 13.1 Å². The van der Waals surface area contributed by atoms with Crippen LogP contribution in [0.2, 0.25) is 0 Å². The van der Waals surface area contributed by atoms with E-state index in [2.05, 4.69) is 45.5 Å². The zero-order valence-electron chi connectivity index (χ0n) is 19.8. The van der Waals surface area contributed by atoms with Crippen LogP contribution in [0, 0.1) is 6.92 Å². The highest BCUT2D eigenvalue weighted by atomic mass is 16.2. The number of benzene rings is 1. The maximum absolute atomic E-state index is 13.2. The van der Waals surface area contributed by atoms with Gasteiger partial charge in [0.1, 0.15) is 5.65 Å². The van der Waals surface area contributed by atoms with E-state index in [1.54, 1.807) is 6.20 Å². The van der Waals surface area contributed by atoms with E-state index >= 15 is 0 Å². The van der Waals surface area contributed by atoms with Crippen molar-refractivity contribution in [3.63, 3.8) is 0 Å². The monoisotopic (exact) mass is 454 g/mol. The number of aromatic amines is 1. The van der Waals surface area contributed by atoms with Crippen LogP contribution < -0.4 is 5.32 Å². The summed E-state index contributed by atoms with van der Waals surface area (Å²) in [6.07, 6.45) is 10.7. The van der Waals surface area contributed by atoms with Gasteiger partial charge in [0.05, 0.1) is 11.8 Å². The van der Waals surface area contributed by atoms with Gasteiger partial charge in [0.2, 0.25) is 0 Å². The van der Waals surface area contributed by atoms with E-state index in [1.165, 1.54) is 39.6 Å². The Hall–Kier alpha value is -3.45. The van der Waals surface area contributed by atoms with Gasteiger partial charge in [-0.3, -0.25) is 9.48 Å². The van der Waals surface area contributed by atoms with Gasteiger partial charge < -0.3 is 15.2 Å². The van der Waals surface area contributed by atoms with E-state index in [0.717, 1.165) is 43.7 Å². The van der Waals surface area contributed by atoms with Crippen molar-refractivity contribution in [2.24, 2.45) is 0 Å². The molecule has 0 radical (unpaired) electrons. The molecule has 0 saturated carbocycles. The largest absolute Gasteiger partial charge is 0.346 e. The van der Waals surface area contributed by atoms with Gasteiger partial charge in [0.15, 0.2) is 0 Å². The van der Waals surface area contributed by atoms with Crippen LogP contribution in [0.4, 0.5) is 0 Å². The molecule has 0 spiro atoms. The summed E-state index contributed by atoms with van der Waals surface area (Å²) in [6, 6.07) is 7.22. The van der Waals surface area contributed by atoms with Crippen molar-refractivity contribution < 1.29 is 4.79 Å². The Balaban J connectivity index is 1.38. The smallest absolute Gasteiger partial charge is 0.257 e. The average molecular weight is 455 g/mol. The first-order chi connectivity index (χ1) is 16.6. The number of H-pyrrole nitrogens is 1. The summed E-state index contributed by atoms with van der Waals surface area (Å²) in [5.41, 5.74) is 9.14. The molecule has 2 aliphatic rings. The molecule has 0 unspecified atom stereocenters. The molecule has 1 amide bonds. The summed E-state index contributed by atoms with van der Waals surface area (Å²) in [6.45, 7) is 7.31. The highest BCUT2D eigenvalue weighted by Crippen LogP contribution is 2.36. The molecule has 174 valence electrons. The maximum Gasteiger partial charge on any atom is 0.257 e. The second kappa shape index (κ2) is 8.40. The molecule has 0 bridgehead atoms. The fourth-order valence-electron chi connectivity index (χ4n) is 5.42. The molecule has 5 heterocycles. The Labute approximate surface area is 199 Å². The van der Waals surface area contributed by atoms with Gasteiger partial charge in [-0.2, -0.15) is 5.10 Å². The number of aryl methyl sites for hydroxylation is 2. The van der Waals surface area contributed by atoms with Gasteiger partial charge in [-0.15, -0.1) is 0 Å². The van der Waals surface area contributed by atoms with Gasteiger partial charge in [-0.05, 0) is 79.6 Å². The van der Waals surface area contributed by atoms with E-state index in [4.69, 9.17) is 0 Å². The Bertz CT molecular complexity index is 1380. The number of aromatic nitrogens is 4. The van der Waals surface area contributed by atoms with Crippen LogP contribution in [0.5, 0.6) is 0 Å². The van der Waals surface area contributed by atoms with Gasteiger partial charge in [0, 0.05) is 55.2 Å². The predicted molar refractivity (Wildman–Crippen MR) is 133 cm³/mol. The number of amides is 1. The van der Waals surface area contributed by atoms with Crippen molar-refractivity contribution in [1.29, 1.82) is 0 Å². The molecule has 7 nitrogen and oxygen atoms in total. The van der Waals surface area contributed by atoms with Crippen LogP contribution in [0.1, 0.15) is 58.4 Å². The number of carbonyl (C=O) groups excluding carboxylic acids is 1. The van der Waals surface area contributed by atoms with E-state index < -0.39 is 0 Å². The summed E-state index contributed by atoms with van der Waals surface area (Å²) in [5, 5.41) is 9.15. The lowest BCUT2D eigenvalue weighted by molar-refractivity contribution is 0.0734. The Kier molecular flexibility index (Phi) is 5.21. The third kappa shape index (κ3) is 3.60. The van der Waals surface area contributed by atoms with Crippen LogP contribution in [0.3, 0.4) is 0 Å². The standard InChI is InChI=1S/C27H30N6O/c1-3-33-15-21(14-31-33)27(34)32-8-6-18-9-19(10-23(24(18)16-32)25-5-4-7-28-25)20-11-22-17(2)12-29-26(22)30-13-20/h9-15,25,28H,3-8,16H2,1-2H3,(H,29,30)/t25-/m0/s1. The highest BCUT2D eigenvalue weighted by molar-refractivity contribution is 5.94. The molecule has 0 aliphatic carbocycles. The number of fused-ring (bicyclic) bond motifs is 2. The molecular weight excluding hydrogens is 424 g/mol. The van der Waals surface area contributed by atoms with Gasteiger partial charge >= 0.3 is 0 Å². The number of nitrogens with one attached hydrogen (secondary N) is 2. The first-order valence-corrected chi connectivity index (χ1v) is 12.3. The Morgan fingerprint density at radius 1 is 1.21 bits per heavy atom. The molecule has 1 atom stereocenters. The third-order valence-electron chi connectivity index (χ3n) is 7.38. The molecule has 4 aromatic rings. The molecule has 2 N–H and O–H groups in total. The molecular formula is C27H30N6O. The number of pyridine rings is 1. The highest BCUT2D eigenvalue weighted by Gasteiger charge is 2.28. The normalized spacial score (nSPS) is 17.9. The first-order valence-electron chi connectivity index (χ1n) is 12.3. The fraction of sp³-hybridized carbons (Fsp3) is 0.370. The molecule has 7 heteroatoms. The zero-order chi connectivity index (χ0) is 23.2. The summed E-state index contributed by atoms with van der Waals surface area (Å²) in [4.78, 5) is 23.1. The van der Waals surface area contributed by atoms with E-state index in [9.17, 15) is 4.79 Å². The van der Waals surface area contributed by atoms with E-state index in [1.807, 2.05) is 35.1 Å².